The predicted octanol–water partition coefficient (Wildman–Crippen LogP) is 4.67. The molecule has 3 aromatic rings. The molecule has 2 heterocycles. The average Bonchev–Trinajstić information content (AvgIpc) is 2.93. The first kappa shape index (κ1) is 15.8. The lowest BCUT2D eigenvalue weighted by molar-refractivity contribution is 0.102. The SMILES string of the molecule is Cc1nc(-c2cccnc2)sc1C(=O)Nc1ccc(Br)cc1F. The summed E-state index contributed by atoms with van der Waals surface area (Å²) in [6.07, 6.45) is 3.36. The Morgan fingerprint density at radius 1 is 1.35 bits per heavy atom. The number of halogens is 2. The number of nitrogens with zero attached hydrogens (tertiary/aromatic N) is 2. The van der Waals surface area contributed by atoms with Gasteiger partial charge in [-0.1, -0.05) is 15.9 Å². The molecule has 4 nitrogen and oxygen atoms in total. The summed E-state index contributed by atoms with van der Waals surface area (Å²) >= 11 is 4.44. The quantitative estimate of drug-likeness (QED) is 0.705. The number of benzene rings is 1. The number of aromatic nitrogens is 2. The lowest BCUT2D eigenvalue weighted by Gasteiger charge is -2.05. The Balaban J connectivity index is 1.87. The normalized spacial score (nSPS) is 10.6. The molecule has 0 saturated carbocycles. The van der Waals surface area contributed by atoms with Crippen LogP contribution in [0.25, 0.3) is 10.6 Å². The van der Waals surface area contributed by atoms with E-state index in [1.807, 2.05) is 12.1 Å². The Hall–Kier alpha value is -2.12. The summed E-state index contributed by atoms with van der Waals surface area (Å²) in [4.78, 5) is 21.3. The highest BCUT2D eigenvalue weighted by atomic mass is 79.9. The minimum atomic E-state index is -0.498. The van der Waals surface area contributed by atoms with E-state index in [9.17, 15) is 9.18 Å². The topological polar surface area (TPSA) is 54.9 Å². The Labute approximate surface area is 144 Å². The van der Waals surface area contributed by atoms with E-state index >= 15 is 0 Å². The van der Waals surface area contributed by atoms with Gasteiger partial charge in [-0.25, -0.2) is 9.37 Å². The maximum absolute atomic E-state index is 13.8. The molecule has 0 atom stereocenters. The molecule has 0 fully saturated rings. The average molecular weight is 392 g/mol. The summed E-state index contributed by atoms with van der Waals surface area (Å²) in [5.41, 5.74) is 1.58. The third-order valence-corrected chi connectivity index (χ3v) is 4.79. The second-order valence-electron chi connectivity index (χ2n) is 4.75. The highest BCUT2D eigenvalue weighted by Crippen LogP contribution is 2.28. The summed E-state index contributed by atoms with van der Waals surface area (Å²) in [5, 5.41) is 3.28. The first-order valence-corrected chi connectivity index (χ1v) is 8.30. The van der Waals surface area contributed by atoms with E-state index in [1.165, 1.54) is 23.5 Å². The van der Waals surface area contributed by atoms with Crippen LogP contribution < -0.4 is 5.32 Å². The molecule has 7 heteroatoms. The molecule has 116 valence electrons. The number of hydrogen-bond acceptors (Lipinski definition) is 4. The number of amides is 1. The van der Waals surface area contributed by atoms with Gasteiger partial charge in [0.1, 0.15) is 15.7 Å². The van der Waals surface area contributed by atoms with Crippen molar-refractivity contribution in [1.82, 2.24) is 9.97 Å². The van der Waals surface area contributed by atoms with Gasteiger partial charge in [0, 0.05) is 22.4 Å². The molecule has 0 bridgehead atoms. The molecule has 1 N–H and O–H groups in total. The van der Waals surface area contributed by atoms with Crippen molar-refractivity contribution < 1.29 is 9.18 Å². The number of carbonyl (C=O) groups is 1. The Morgan fingerprint density at radius 2 is 2.17 bits per heavy atom. The number of nitrogens with one attached hydrogen (secondary N) is 1. The van der Waals surface area contributed by atoms with Crippen molar-refractivity contribution in [2.45, 2.75) is 6.92 Å². The summed E-state index contributed by atoms with van der Waals surface area (Å²) in [5.74, 6) is -0.876. The van der Waals surface area contributed by atoms with Crippen LogP contribution in [0.3, 0.4) is 0 Å². The van der Waals surface area contributed by atoms with Crippen molar-refractivity contribution in [3.05, 3.63) is 63.6 Å². The number of aryl methyl sites for hydroxylation is 1. The number of carbonyl (C=O) groups excluding carboxylic acids is 1. The van der Waals surface area contributed by atoms with Crippen LogP contribution in [-0.4, -0.2) is 15.9 Å². The molecule has 0 spiro atoms. The van der Waals surface area contributed by atoms with Gasteiger partial charge < -0.3 is 5.32 Å². The molecular weight excluding hydrogens is 381 g/mol. The van der Waals surface area contributed by atoms with Crippen molar-refractivity contribution >= 4 is 38.9 Å². The van der Waals surface area contributed by atoms with Gasteiger partial charge in [-0.2, -0.15) is 0 Å². The van der Waals surface area contributed by atoms with Gasteiger partial charge in [0.25, 0.3) is 5.91 Å². The van der Waals surface area contributed by atoms with Gasteiger partial charge in [-0.3, -0.25) is 9.78 Å². The Bertz CT molecular complexity index is 867. The number of rotatable bonds is 3. The van der Waals surface area contributed by atoms with Gasteiger partial charge >= 0.3 is 0 Å². The maximum Gasteiger partial charge on any atom is 0.267 e. The van der Waals surface area contributed by atoms with E-state index in [0.717, 1.165) is 5.56 Å². The molecule has 2 aromatic heterocycles. The molecule has 0 radical (unpaired) electrons. The summed E-state index contributed by atoms with van der Waals surface area (Å²) in [7, 11) is 0. The van der Waals surface area contributed by atoms with Gasteiger partial charge in [0.15, 0.2) is 0 Å². The molecule has 23 heavy (non-hydrogen) atoms. The van der Waals surface area contributed by atoms with E-state index in [2.05, 4.69) is 31.2 Å². The van der Waals surface area contributed by atoms with Crippen LogP contribution in [0.5, 0.6) is 0 Å². The van der Waals surface area contributed by atoms with Crippen LogP contribution >= 0.6 is 27.3 Å². The van der Waals surface area contributed by atoms with Gasteiger partial charge in [0.05, 0.1) is 11.4 Å². The van der Waals surface area contributed by atoms with Crippen molar-refractivity contribution in [1.29, 1.82) is 0 Å². The molecule has 0 aliphatic carbocycles. The van der Waals surface area contributed by atoms with Gasteiger partial charge in [0.2, 0.25) is 0 Å². The first-order valence-electron chi connectivity index (χ1n) is 6.69. The second-order valence-corrected chi connectivity index (χ2v) is 6.67. The lowest BCUT2D eigenvalue weighted by Crippen LogP contribution is -2.12. The molecule has 0 unspecified atom stereocenters. The van der Waals surface area contributed by atoms with Crippen LogP contribution in [0, 0.1) is 12.7 Å². The predicted molar refractivity (Wildman–Crippen MR) is 92.1 cm³/mol. The Kier molecular flexibility index (Phi) is 4.49. The van der Waals surface area contributed by atoms with Gasteiger partial charge in [-0.05, 0) is 37.3 Å². The van der Waals surface area contributed by atoms with Crippen molar-refractivity contribution in [2.24, 2.45) is 0 Å². The lowest BCUT2D eigenvalue weighted by atomic mass is 10.3. The number of anilines is 1. The smallest absolute Gasteiger partial charge is 0.267 e. The summed E-state index contributed by atoms with van der Waals surface area (Å²) in [6, 6.07) is 8.16. The fourth-order valence-electron chi connectivity index (χ4n) is 1.99. The highest BCUT2D eigenvalue weighted by Gasteiger charge is 2.17. The summed E-state index contributed by atoms with van der Waals surface area (Å²) in [6.45, 7) is 1.75. The van der Waals surface area contributed by atoms with Gasteiger partial charge in [-0.15, -0.1) is 11.3 Å². The highest BCUT2D eigenvalue weighted by molar-refractivity contribution is 9.10. The van der Waals surface area contributed by atoms with Crippen LogP contribution in [0.15, 0.2) is 47.2 Å². The maximum atomic E-state index is 13.8. The molecule has 1 aromatic carbocycles. The van der Waals surface area contributed by atoms with Crippen molar-refractivity contribution in [3.8, 4) is 10.6 Å². The monoisotopic (exact) mass is 391 g/mol. The third-order valence-electron chi connectivity index (χ3n) is 3.09. The minimum Gasteiger partial charge on any atom is -0.319 e. The second kappa shape index (κ2) is 6.55. The van der Waals surface area contributed by atoms with E-state index in [1.54, 1.807) is 25.4 Å². The van der Waals surface area contributed by atoms with Crippen LogP contribution in [0.2, 0.25) is 0 Å². The number of hydrogen-bond donors (Lipinski definition) is 1. The zero-order chi connectivity index (χ0) is 16.4. The number of pyridine rings is 1. The fourth-order valence-corrected chi connectivity index (χ4v) is 3.27. The largest absolute Gasteiger partial charge is 0.319 e. The zero-order valence-corrected chi connectivity index (χ0v) is 14.4. The molecule has 3 rings (SSSR count). The first-order chi connectivity index (χ1) is 11.0. The van der Waals surface area contributed by atoms with E-state index < -0.39 is 5.82 Å². The van der Waals surface area contributed by atoms with Crippen molar-refractivity contribution in [2.75, 3.05) is 5.32 Å². The molecule has 0 aliphatic heterocycles. The van der Waals surface area contributed by atoms with E-state index in [0.29, 0.717) is 20.1 Å². The fraction of sp³-hybridized carbons (Fsp3) is 0.0625. The third kappa shape index (κ3) is 3.46. The zero-order valence-electron chi connectivity index (χ0n) is 12.0. The van der Waals surface area contributed by atoms with E-state index in [-0.39, 0.29) is 11.6 Å². The van der Waals surface area contributed by atoms with Crippen molar-refractivity contribution in [3.63, 3.8) is 0 Å². The minimum absolute atomic E-state index is 0.133. The van der Waals surface area contributed by atoms with E-state index in [4.69, 9.17) is 0 Å². The van der Waals surface area contributed by atoms with Crippen LogP contribution in [0.4, 0.5) is 10.1 Å². The number of thiazole rings is 1. The van der Waals surface area contributed by atoms with Crippen LogP contribution in [0.1, 0.15) is 15.4 Å². The standard InChI is InChI=1S/C16H11BrFN3OS/c1-9-14(23-16(20-9)10-3-2-6-19-8-10)15(22)21-13-5-4-11(17)7-12(13)18/h2-8H,1H3,(H,21,22). The summed E-state index contributed by atoms with van der Waals surface area (Å²) < 4.78 is 14.4. The molecule has 1 amide bonds. The molecule has 0 saturated heterocycles. The molecular formula is C16H11BrFN3OS. The van der Waals surface area contributed by atoms with Crippen LogP contribution in [-0.2, 0) is 0 Å². The molecule has 0 aliphatic rings. The Morgan fingerprint density at radius 3 is 2.87 bits per heavy atom.